The Bertz CT molecular complexity index is 1360. The van der Waals surface area contributed by atoms with Crippen molar-refractivity contribution in [2.45, 2.75) is 71.5 Å². The van der Waals surface area contributed by atoms with Gasteiger partial charge in [0.15, 0.2) is 0 Å². The van der Waals surface area contributed by atoms with Gasteiger partial charge in [-0.15, -0.1) is 0 Å². The fraction of sp³-hybridized carbons (Fsp3) is 0.467. The number of benzene rings is 2. The second-order valence-corrected chi connectivity index (χ2v) is 10.6. The van der Waals surface area contributed by atoms with E-state index in [1.807, 2.05) is 56.0 Å². The molecule has 190 valence electrons. The monoisotopic (exact) mass is 489 g/mol. The van der Waals surface area contributed by atoms with Crippen LogP contribution in [0.4, 0.5) is 0 Å². The highest BCUT2D eigenvalue weighted by atomic mass is 16.5. The first-order chi connectivity index (χ1) is 17.2. The normalized spacial score (nSPS) is 21.9. The number of piperidine rings is 1. The predicted molar refractivity (Wildman–Crippen MR) is 139 cm³/mol. The number of carbonyl (C=O) groups excluding carboxylic acids is 1. The summed E-state index contributed by atoms with van der Waals surface area (Å²) in [7, 11) is 0. The fourth-order valence-electron chi connectivity index (χ4n) is 5.95. The van der Waals surface area contributed by atoms with Crippen LogP contribution in [0.25, 0.3) is 11.0 Å². The van der Waals surface area contributed by atoms with E-state index in [4.69, 9.17) is 9.15 Å². The first kappa shape index (κ1) is 24.6. The van der Waals surface area contributed by atoms with Crippen molar-refractivity contribution in [2.75, 3.05) is 13.1 Å². The van der Waals surface area contributed by atoms with Crippen LogP contribution in [0.15, 0.2) is 45.6 Å². The van der Waals surface area contributed by atoms with E-state index in [0.717, 1.165) is 47.8 Å². The van der Waals surface area contributed by atoms with Gasteiger partial charge in [-0.1, -0.05) is 42.7 Å². The maximum Gasteiger partial charge on any atom is 0.340 e. The van der Waals surface area contributed by atoms with Gasteiger partial charge in [0, 0.05) is 30.0 Å². The number of aryl methyl sites for hydroxylation is 3. The molecule has 2 fully saturated rings. The standard InChI is InChI=1S/C30H35NO5/c1-19-7-6-8-22(15-19)18-35-26-11-10-24-20(2)25(29(33)36-28(24)21(26)3)16-27(32)31-14-13-30(34)12-5-4-9-23(30)17-31/h6-8,10-11,15,23,34H,4-5,9,12-14,16-18H2,1-3H3/t23-,30-/m0/s1. The average molecular weight is 490 g/mol. The maximum atomic E-state index is 13.2. The lowest BCUT2D eigenvalue weighted by Gasteiger charge is -2.47. The molecule has 2 atom stereocenters. The molecule has 1 aliphatic carbocycles. The Hall–Kier alpha value is -3.12. The van der Waals surface area contributed by atoms with Crippen molar-refractivity contribution < 1.29 is 19.1 Å². The van der Waals surface area contributed by atoms with Crippen LogP contribution in [0.2, 0.25) is 0 Å². The molecular formula is C30H35NO5. The zero-order chi connectivity index (χ0) is 25.4. The molecule has 2 aromatic carbocycles. The summed E-state index contributed by atoms with van der Waals surface area (Å²) < 4.78 is 11.8. The highest BCUT2D eigenvalue weighted by Crippen LogP contribution is 2.40. The average Bonchev–Trinajstić information content (AvgIpc) is 2.86. The summed E-state index contributed by atoms with van der Waals surface area (Å²) in [5.41, 5.74) is 3.59. The van der Waals surface area contributed by atoms with E-state index >= 15 is 0 Å². The van der Waals surface area contributed by atoms with E-state index in [1.54, 1.807) is 0 Å². The van der Waals surface area contributed by atoms with Crippen LogP contribution in [0, 0.1) is 26.7 Å². The Balaban J connectivity index is 1.35. The van der Waals surface area contributed by atoms with Gasteiger partial charge >= 0.3 is 5.63 Å². The second kappa shape index (κ2) is 9.74. The lowest BCUT2D eigenvalue weighted by molar-refractivity contribution is -0.142. The number of rotatable bonds is 5. The number of aliphatic hydroxyl groups is 1. The van der Waals surface area contributed by atoms with E-state index in [-0.39, 0.29) is 18.2 Å². The zero-order valence-electron chi connectivity index (χ0n) is 21.4. The third-order valence-electron chi connectivity index (χ3n) is 8.24. The van der Waals surface area contributed by atoms with Gasteiger partial charge in [-0.3, -0.25) is 4.79 Å². The fourth-order valence-corrected chi connectivity index (χ4v) is 5.95. The van der Waals surface area contributed by atoms with E-state index in [9.17, 15) is 14.7 Å². The molecule has 1 amide bonds. The Morgan fingerprint density at radius 2 is 1.97 bits per heavy atom. The highest BCUT2D eigenvalue weighted by Gasteiger charge is 2.43. The molecule has 1 N–H and O–H groups in total. The van der Waals surface area contributed by atoms with Crippen molar-refractivity contribution in [2.24, 2.45) is 5.92 Å². The van der Waals surface area contributed by atoms with Crippen LogP contribution in [0.3, 0.4) is 0 Å². The molecule has 3 aromatic rings. The third-order valence-corrected chi connectivity index (χ3v) is 8.24. The van der Waals surface area contributed by atoms with Gasteiger partial charge in [0.2, 0.25) is 5.91 Å². The van der Waals surface area contributed by atoms with E-state index in [1.165, 1.54) is 5.56 Å². The van der Waals surface area contributed by atoms with E-state index in [0.29, 0.717) is 43.0 Å². The highest BCUT2D eigenvalue weighted by molar-refractivity contribution is 5.87. The number of ether oxygens (including phenoxy) is 1. The molecule has 1 aliphatic heterocycles. The van der Waals surface area contributed by atoms with Gasteiger partial charge in [0.05, 0.1) is 17.6 Å². The first-order valence-corrected chi connectivity index (χ1v) is 13.0. The molecule has 0 unspecified atom stereocenters. The molecule has 36 heavy (non-hydrogen) atoms. The lowest BCUT2D eigenvalue weighted by atomic mass is 9.71. The summed E-state index contributed by atoms with van der Waals surface area (Å²) in [5.74, 6) is 0.717. The summed E-state index contributed by atoms with van der Waals surface area (Å²) in [6.45, 7) is 7.34. The van der Waals surface area contributed by atoms with Crippen molar-refractivity contribution >= 4 is 16.9 Å². The van der Waals surface area contributed by atoms with Crippen molar-refractivity contribution in [1.82, 2.24) is 4.90 Å². The maximum absolute atomic E-state index is 13.2. The third kappa shape index (κ3) is 4.66. The van der Waals surface area contributed by atoms with Crippen molar-refractivity contribution in [3.8, 4) is 5.75 Å². The van der Waals surface area contributed by atoms with Gasteiger partial charge in [0.1, 0.15) is 17.9 Å². The van der Waals surface area contributed by atoms with Crippen LogP contribution in [0.5, 0.6) is 5.75 Å². The summed E-state index contributed by atoms with van der Waals surface area (Å²) >= 11 is 0. The summed E-state index contributed by atoms with van der Waals surface area (Å²) in [5, 5.41) is 11.8. The molecule has 1 saturated heterocycles. The molecule has 0 spiro atoms. The Kier molecular flexibility index (Phi) is 6.64. The Morgan fingerprint density at radius 3 is 2.78 bits per heavy atom. The molecule has 1 aromatic heterocycles. The molecule has 1 saturated carbocycles. The molecule has 0 bridgehead atoms. The topological polar surface area (TPSA) is 80.0 Å². The Morgan fingerprint density at radius 1 is 1.14 bits per heavy atom. The minimum absolute atomic E-state index is 0.0138. The van der Waals surface area contributed by atoms with Gasteiger partial charge < -0.3 is 19.2 Å². The minimum Gasteiger partial charge on any atom is -0.488 e. The molecular weight excluding hydrogens is 454 g/mol. The SMILES string of the molecule is Cc1cccc(COc2ccc3c(C)c(CC(=O)N4CC[C@@]5(O)CCCC[C@H]5C4)c(=O)oc3c2C)c1. The summed E-state index contributed by atoms with van der Waals surface area (Å²) in [6, 6.07) is 12.0. The predicted octanol–water partition coefficient (Wildman–Crippen LogP) is 4.99. The minimum atomic E-state index is -0.635. The molecule has 0 radical (unpaired) electrons. The van der Waals surface area contributed by atoms with Gasteiger partial charge in [-0.05, 0) is 63.3 Å². The number of nitrogens with zero attached hydrogens (tertiary/aromatic N) is 1. The van der Waals surface area contributed by atoms with E-state index in [2.05, 4.69) is 6.07 Å². The van der Waals surface area contributed by atoms with Crippen LogP contribution < -0.4 is 10.4 Å². The van der Waals surface area contributed by atoms with Gasteiger partial charge in [0.25, 0.3) is 0 Å². The number of fused-ring (bicyclic) bond motifs is 2. The number of hydrogen-bond acceptors (Lipinski definition) is 5. The largest absolute Gasteiger partial charge is 0.488 e. The van der Waals surface area contributed by atoms with Crippen molar-refractivity contribution in [1.29, 1.82) is 0 Å². The van der Waals surface area contributed by atoms with Crippen molar-refractivity contribution in [3.05, 3.63) is 74.6 Å². The quantitative estimate of drug-likeness (QED) is 0.511. The molecule has 2 aliphatic rings. The number of likely N-dealkylation sites (tertiary alicyclic amines) is 1. The van der Waals surface area contributed by atoms with Crippen LogP contribution in [-0.2, 0) is 17.8 Å². The van der Waals surface area contributed by atoms with Gasteiger partial charge in [-0.2, -0.15) is 0 Å². The molecule has 2 heterocycles. The molecule has 6 heteroatoms. The lowest BCUT2D eigenvalue weighted by Crippen LogP contribution is -2.55. The Labute approximate surface area is 211 Å². The van der Waals surface area contributed by atoms with E-state index < -0.39 is 11.2 Å². The van der Waals surface area contributed by atoms with Crippen LogP contribution in [0.1, 0.15) is 59.9 Å². The van der Waals surface area contributed by atoms with Gasteiger partial charge in [-0.25, -0.2) is 4.79 Å². The second-order valence-electron chi connectivity index (χ2n) is 10.6. The first-order valence-electron chi connectivity index (χ1n) is 13.0. The summed E-state index contributed by atoms with van der Waals surface area (Å²) in [6.07, 6.45) is 4.54. The molecule has 6 nitrogen and oxygen atoms in total. The van der Waals surface area contributed by atoms with Crippen molar-refractivity contribution in [3.63, 3.8) is 0 Å². The molecule has 5 rings (SSSR count). The smallest absolute Gasteiger partial charge is 0.340 e. The van der Waals surface area contributed by atoms with Crippen LogP contribution >= 0.6 is 0 Å². The number of amides is 1. The number of carbonyl (C=O) groups is 1. The number of hydrogen-bond donors (Lipinski definition) is 1. The zero-order valence-corrected chi connectivity index (χ0v) is 21.4. The summed E-state index contributed by atoms with van der Waals surface area (Å²) in [4.78, 5) is 28.0. The van der Waals surface area contributed by atoms with Crippen LogP contribution in [-0.4, -0.2) is 34.6 Å².